The summed E-state index contributed by atoms with van der Waals surface area (Å²) in [4.78, 5) is 5.05. The summed E-state index contributed by atoms with van der Waals surface area (Å²) in [6.07, 6.45) is 0. The van der Waals surface area contributed by atoms with Crippen LogP contribution in [-0.2, 0) is 0 Å². The van der Waals surface area contributed by atoms with Crippen LogP contribution < -0.4 is 41.7 Å². The molecule has 2 aliphatic heterocycles. The van der Waals surface area contributed by atoms with Gasteiger partial charge in [-0.3, -0.25) is 0 Å². The van der Waals surface area contributed by atoms with Crippen LogP contribution in [0.3, 0.4) is 0 Å². The first-order chi connectivity index (χ1) is 30.1. The van der Waals surface area contributed by atoms with Crippen LogP contribution in [0, 0.1) is 0 Å². The van der Waals surface area contributed by atoms with Crippen molar-refractivity contribution >= 4 is 102 Å². The van der Waals surface area contributed by atoms with Crippen LogP contribution in [0.2, 0.25) is 6.55 Å². The van der Waals surface area contributed by atoms with E-state index in [-0.39, 0.29) is 6.71 Å². The molecule has 2 nitrogen and oxygen atoms in total. The molecule has 0 saturated carbocycles. The standard InChI is InChI=1S/C57H41BN2Si/c1-61(48-26-10-4-11-27-48,49-28-12-5-13-29-49)50-32-30-40(31-33-50)45-38-55-57-56(39-45)60(47-24-8-3-9-25-47)54-37-44-21-17-15-19-42(44)35-52(54)58(57)51-34-41-18-14-16-20-43(41)36-53(51)59(55)46-22-6-2-7-23-46/h2-39H,1H3. The second kappa shape index (κ2) is 14.1. The Morgan fingerprint density at radius 3 is 1.11 bits per heavy atom. The zero-order valence-electron chi connectivity index (χ0n) is 33.9. The van der Waals surface area contributed by atoms with E-state index in [1.54, 1.807) is 0 Å². The molecule has 0 unspecified atom stereocenters. The third-order valence-electron chi connectivity index (χ3n) is 13.3. The largest absolute Gasteiger partial charge is 0.311 e. The molecule has 2 aliphatic rings. The Kier molecular flexibility index (Phi) is 8.23. The first kappa shape index (κ1) is 35.5. The summed E-state index contributed by atoms with van der Waals surface area (Å²) in [5, 5.41) is 9.20. The molecule has 10 aromatic carbocycles. The molecule has 0 N–H and O–H groups in total. The third kappa shape index (κ3) is 5.64. The molecule has 286 valence electrons. The molecule has 4 heteroatoms. The quantitative estimate of drug-likeness (QED) is 0.122. The molecule has 10 aromatic rings. The number of benzene rings is 10. The van der Waals surface area contributed by atoms with Gasteiger partial charge in [-0.2, -0.15) is 0 Å². The molecule has 0 atom stereocenters. The van der Waals surface area contributed by atoms with Gasteiger partial charge in [0.1, 0.15) is 8.07 Å². The van der Waals surface area contributed by atoms with Gasteiger partial charge in [-0.25, -0.2) is 0 Å². The van der Waals surface area contributed by atoms with Crippen molar-refractivity contribution in [3.8, 4) is 11.1 Å². The minimum absolute atomic E-state index is 0.0176. The van der Waals surface area contributed by atoms with Crippen LogP contribution in [0.1, 0.15) is 0 Å². The number of nitrogens with zero attached hydrogens (tertiary/aromatic N) is 2. The lowest BCUT2D eigenvalue weighted by atomic mass is 9.33. The first-order valence-electron chi connectivity index (χ1n) is 21.3. The number of rotatable bonds is 6. The van der Waals surface area contributed by atoms with Gasteiger partial charge in [0.2, 0.25) is 0 Å². The number of para-hydroxylation sites is 2. The van der Waals surface area contributed by atoms with Crippen LogP contribution in [0.4, 0.5) is 34.1 Å². The number of hydrogen-bond donors (Lipinski definition) is 0. The van der Waals surface area contributed by atoms with Crippen molar-refractivity contribution in [3.63, 3.8) is 0 Å². The molecular weight excluding hydrogens is 752 g/mol. The lowest BCUT2D eigenvalue weighted by molar-refractivity contribution is 1.26. The van der Waals surface area contributed by atoms with E-state index in [1.165, 1.54) is 87.4 Å². The van der Waals surface area contributed by atoms with E-state index in [1.807, 2.05) is 0 Å². The van der Waals surface area contributed by atoms with Crippen LogP contribution in [0.25, 0.3) is 32.7 Å². The van der Waals surface area contributed by atoms with Gasteiger partial charge in [-0.15, -0.1) is 0 Å². The topological polar surface area (TPSA) is 6.48 Å². The van der Waals surface area contributed by atoms with Crippen molar-refractivity contribution < 1.29 is 0 Å². The molecule has 0 aromatic heterocycles. The first-order valence-corrected chi connectivity index (χ1v) is 23.8. The molecule has 0 fully saturated rings. The Bertz CT molecular complexity index is 3070. The highest BCUT2D eigenvalue weighted by Crippen LogP contribution is 2.47. The fourth-order valence-corrected chi connectivity index (χ4v) is 13.8. The minimum Gasteiger partial charge on any atom is -0.311 e. The molecule has 0 amide bonds. The van der Waals surface area contributed by atoms with Crippen molar-refractivity contribution in [1.82, 2.24) is 0 Å². The third-order valence-corrected chi connectivity index (χ3v) is 17.8. The molecule has 0 bridgehead atoms. The van der Waals surface area contributed by atoms with Gasteiger partial charge in [0.15, 0.2) is 0 Å². The van der Waals surface area contributed by atoms with Crippen LogP contribution in [0.5, 0.6) is 0 Å². The minimum atomic E-state index is -2.29. The van der Waals surface area contributed by atoms with Crippen molar-refractivity contribution in [3.05, 3.63) is 231 Å². The second-order valence-corrected chi connectivity index (χ2v) is 20.6. The fraction of sp³-hybridized carbons (Fsp3) is 0.0175. The van der Waals surface area contributed by atoms with E-state index in [0.29, 0.717) is 0 Å². The Morgan fingerprint density at radius 1 is 0.328 bits per heavy atom. The lowest BCUT2D eigenvalue weighted by Crippen LogP contribution is -2.64. The molecule has 0 radical (unpaired) electrons. The summed E-state index contributed by atoms with van der Waals surface area (Å²) >= 11 is 0. The summed E-state index contributed by atoms with van der Waals surface area (Å²) in [6.45, 7) is 2.51. The van der Waals surface area contributed by atoms with Gasteiger partial charge in [0.25, 0.3) is 6.71 Å². The molecule has 0 saturated heterocycles. The van der Waals surface area contributed by atoms with Crippen LogP contribution >= 0.6 is 0 Å². The monoisotopic (exact) mass is 792 g/mol. The molecule has 0 aliphatic carbocycles. The zero-order chi connectivity index (χ0) is 40.5. The maximum absolute atomic E-state index is 2.53. The van der Waals surface area contributed by atoms with Crippen LogP contribution in [0.15, 0.2) is 231 Å². The van der Waals surface area contributed by atoms with Gasteiger partial charge in [-0.05, 0) is 113 Å². The molecule has 0 spiro atoms. The summed E-state index contributed by atoms with van der Waals surface area (Å²) in [5.74, 6) is 0. The van der Waals surface area contributed by atoms with E-state index in [2.05, 4.69) is 247 Å². The number of anilines is 6. The number of hydrogen-bond acceptors (Lipinski definition) is 2. The summed E-state index contributed by atoms with van der Waals surface area (Å²) in [7, 11) is -2.29. The Labute approximate surface area is 358 Å². The molecule has 61 heavy (non-hydrogen) atoms. The highest BCUT2D eigenvalue weighted by atomic mass is 28.3. The SMILES string of the molecule is C[Si](c1ccccc1)(c1ccccc1)c1ccc(-c2cc3c4c(c2)N(c2ccccc2)c2cc5ccccc5cc2B4c2cc4ccccc4cc2N3c2ccccc2)cc1. The predicted molar refractivity (Wildman–Crippen MR) is 264 cm³/mol. The normalized spacial score (nSPS) is 12.9. The molecule has 12 rings (SSSR count). The van der Waals surface area contributed by atoms with Crippen molar-refractivity contribution in [2.75, 3.05) is 9.80 Å². The number of fused-ring (bicyclic) bond motifs is 6. The lowest BCUT2D eigenvalue weighted by Gasteiger charge is -2.44. The summed E-state index contributed by atoms with van der Waals surface area (Å²) in [6, 6.07) is 86.0. The average molecular weight is 793 g/mol. The molecule has 2 heterocycles. The fourth-order valence-electron chi connectivity index (χ4n) is 10.3. The highest BCUT2D eigenvalue weighted by molar-refractivity contribution is 7.10. The average Bonchev–Trinajstić information content (AvgIpc) is 3.33. The molecular formula is C57H41BN2Si. The summed E-state index contributed by atoms with van der Waals surface area (Å²) in [5.41, 5.74) is 13.5. The zero-order valence-corrected chi connectivity index (χ0v) is 34.9. The maximum atomic E-state index is 2.53. The Balaban J connectivity index is 1.14. The van der Waals surface area contributed by atoms with Gasteiger partial charge >= 0.3 is 0 Å². The van der Waals surface area contributed by atoms with Crippen molar-refractivity contribution in [2.24, 2.45) is 0 Å². The van der Waals surface area contributed by atoms with E-state index in [4.69, 9.17) is 0 Å². The van der Waals surface area contributed by atoms with Gasteiger partial charge in [0, 0.05) is 34.1 Å². The Hall–Kier alpha value is -7.40. The van der Waals surface area contributed by atoms with Gasteiger partial charge in [0.05, 0.1) is 0 Å². The second-order valence-electron chi connectivity index (χ2n) is 16.7. The van der Waals surface area contributed by atoms with E-state index in [0.717, 1.165) is 11.4 Å². The van der Waals surface area contributed by atoms with Crippen molar-refractivity contribution in [2.45, 2.75) is 6.55 Å². The predicted octanol–water partition coefficient (Wildman–Crippen LogP) is 10.8. The van der Waals surface area contributed by atoms with Crippen LogP contribution in [-0.4, -0.2) is 14.8 Å². The van der Waals surface area contributed by atoms with E-state index >= 15 is 0 Å². The smallest absolute Gasteiger partial charge is 0.252 e. The van der Waals surface area contributed by atoms with Gasteiger partial charge in [-0.1, -0.05) is 189 Å². The van der Waals surface area contributed by atoms with Gasteiger partial charge < -0.3 is 9.80 Å². The summed E-state index contributed by atoms with van der Waals surface area (Å²) < 4.78 is 0. The highest BCUT2D eigenvalue weighted by Gasteiger charge is 2.44. The Morgan fingerprint density at radius 2 is 0.689 bits per heavy atom. The van der Waals surface area contributed by atoms with E-state index < -0.39 is 8.07 Å². The van der Waals surface area contributed by atoms with E-state index in [9.17, 15) is 0 Å². The maximum Gasteiger partial charge on any atom is 0.252 e. The van der Waals surface area contributed by atoms with Crippen molar-refractivity contribution in [1.29, 1.82) is 0 Å².